The summed E-state index contributed by atoms with van der Waals surface area (Å²) in [7, 11) is 1.48. The number of methoxy groups -OCH3 is 1. The molecule has 4 rings (SSSR count). The molecule has 2 unspecified atom stereocenters. The number of ether oxygens (including phenoxy) is 1. The molecule has 0 radical (unpaired) electrons. The van der Waals surface area contributed by atoms with Gasteiger partial charge in [0.1, 0.15) is 17.2 Å². The monoisotopic (exact) mass is 483 g/mol. The van der Waals surface area contributed by atoms with Crippen molar-refractivity contribution in [2.45, 2.75) is 84.0 Å². The first-order chi connectivity index (χ1) is 16.7. The number of rotatable bonds is 7. The number of hydrogen-bond donors (Lipinski definition) is 5. The van der Waals surface area contributed by atoms with E-state index < -0.39 is 0 Å². The number of aromatic hydroxyl groups is 2. The molecule has 0 spiro atoms. The molecule has 2 aromatic heterocycles. The summed E-state index contributed by atoms with van der Waals surface area (Å²) in [4.78, 5) is 9.94. The lowest BCUT2D eigenvalue weighted by Crippen LogP contribution is -2.39. The minimum absolute atomic E-state index is 0.00984. The second-order valence-electron chi connectivity index (χ2n) is 9.86. The predicted octanol–water partition coefficient (Wildman–Crippen LogP) is 3.67. The zero-order valence-electron chi connectivity index (χ0n) is 21.2. The highest BCUT2D eigenvalue weighted by molar-refractivity contribution is 5.87. The number of hydrogen-bond acceptors (Lipinski definition) is 8. The van der Waals surface area contributed by atoms with Crippen LogP contribution in [-0.2, 0) is 6.54 Å². The van der Waals surface area contributed by atoms with E-state index in [1.165, 1.54) is 19.2 Å². The van der Waals surface area contributed by atoms with Crippen LogP contribution in [0.5, 0.6) is 17.2 Å². The van der Waals surface area contributed by atoms with Crippen molar-refractivity contribution in [1.29, 1.82) is 0 Å². The average molecular weight is 484 g/mol. The maximum Gasteiger partial charge on any atom is 0.227 e. The molecule has 3 aromatic rings. The van der Waals surface area contributed by atoms with Crippen LogP contribution in [0.4, 0.5) is 5.82 Å². The van der Waals surface area contributed by atoms with Crippen molar-refractivity contribution in [2.75, 3.05) is 12.4 Å². The summed E-state index contributed by atoms with van der Waals surface area (Å²) >= 11 is 0. The molecule has 1 saturated carbocycles. The van der Waals surface area contributed by atoms with Crippen LogP contribution >= 0.6 is 0 Å². The number of H-pyrrole nitrogens is 1. The lowest BCUT2D eigenvalue weighted by Gasteiger charge is -2.25. The van der Waals surface area contributed by atoms with Crippen molar-refractivity contribution in [2.24, 2.45) is 10.7 Å². The normalized spacial score (nSPS) is 19.1. The lowest BCUT2D eigenvalue weighted by atomic mass is 9.91. The van der Waals surface area contributed by atoms with Gasteiger partial charge < -0.3 is 30.6 Å². The fourth-order valence-electron chi connectivity index (χ4n) is 4.71. The Morgan fingerprint density at radius 1 is 1.20 bits per heavy atom. The van der Waals surface area contributed by atoms with Crippen molar-refractivity contribution >= 4 is 16.9 Å². The summed E-state index contributed by atoms with van der Waals surface area (Å²) in [6.07, 6.45) is 4.14. The van der Waals surface area contributed by atoms with Crippen LogP contribution in [0.1, 0.15) is 76.6 Å². The Hall–Kier alpha value is -3.27. The highest BCUT2D eigenvalue weighted by Gasteiger charge is 2.24. The molecule has 10 heteroatoms. The topological polar surface area (TPSA) is 147 Å². The summed E-state index contributed by atoms with van der Waals surface area (Å²) in [6.45, 7) is 8.59. The van der Waals surface area contributed by atoms with Gasteiger partial charge in [-0.15, -0.1) is 0 Å². The average Bonchev–Trinajstić information content (AvgIpc) is 3.24. The number of phenolic OH excluding ortho intramolecular Hbond substituents is 2. The van der Waals surface area contributed by atoms with E-state index in [9.17, 15) is 10.2 Å². The van der Waals surface area contributed by atoms with Gasteiger partial charge in [0, 0.05) is 30.8 Å². The van der Waals surface area contributed by atoms with Gasteiger partial charge >= 0.3 is 0 Å². The number of benzene rings is 1. The summed E-state index contributed by atoms with van der Waals surface area (Å²) in [5.74, 6) is 0.974. The minimum Gasteiger partial charge on any atom is -0.507 e. The van der Waals surface area contributed by atoms with Crippen molar-refractivity contribution in [3.05, 3.63) is 29.0 Å². The second-order valence-corrected chi connectivity index (χ2v) is 9.86. The van der Waals surface area contributed by atoms with Gasteiger partial charge in [0.15, 0.2) is 11.3 Å². The minimum atomic E-state index is -0.0678. The van der Waals surface area contributed by atoms with Gasteiger partial charge in [0.25, 0.3) is 0 Å². The molecular weight excluding hydrogens is 446 g/mol. The highest BCUT2D eigenvalue weighted by atomic mass is 16.5. The van der Waals surface area contributed by atoms with E-state index in [-0.39, 0.29) is 42.1 Å². The largest absolute Gasteiger partial charge is 0.507 e. The molecule has 1 aromatic carbocycles. The molecule has 1 aliphatic carbocycles. The zero-order chi connectivity index (χ0) is 25.3. The number of nitrogens with zero attached hydrogens (tertiary/aromatic N) is 4. The number of nitrogens with one attached hydrogen (secondary N) is 2. The van der Waals surface area contributed by atoms with E-state index in [2.05, 4.69) is 47.8 Å². The first kappa shape index (κ1) is 24.8. The van der Waals surface area contributed by atoms with E-state index in [0.29, 0.717) is 28.3 Å². The van der Waals surface area contributed by atoms with E-state index >= 15 is 0 Å². The molecule has 1 fully saturated rings. The Balaban J connectivity index is 1.85. The standard InChI is InChI=1S/C25H37N7O3/c1-13(2)21-23-22(31-30-21)24(27-12-16-19(33)10-15(35-5)11-20(16)34)29-25(32(23)14(3)4)28-18-9-7-6-8-17(18)26/h10-11,13-14,17-18,33-34H,6-9,12,26H2,1-5H3,(H,30,31)(H,27,28,29). The third kappa shape index (κ3) is 4.93. The Kier molecular flexibility index (Phi) is 7.20. The van der Waals surface area contributed by atoms with E-state index in [0.717, 1.165) is 36.9 Å². The Labute approximate surface area is 205 Å². The highest BCUT2D eigenvalue weighted by Crippen LogP contribution is 2.34. The third-order valence-electron chi connectivity index (χ3n) is 6.66. The van der Waals surface area contributed by atoms with Gasteiger partial charge in [0.05, 0.1) is 29.9 Å². The first-order valence-corrected chi connectivity index (χ1v) is 12.3. The van der Waals surface area contributed by atoms with Crippen LogP contribution in [0.2, 0.25) is 0 Å². The summed E-state index contributed by atoms with van der Waals surface area (Å²) in [6, 6.07) is 3.06. The molecule has 190 valence electrons. The number of fused-ring (bicyclic) bond motifs is 1. The van der Waals surface area contributed by atoms with Crippen LogP contribution in [0.15, 0.2) is 17.1 Å². The van der Waals surface area contributed by atoms with Gasteiger partial charge in [-0.1, -0.05) is 26.7 Å². The van der Waals surface area contributed by atoms with E-state index in [1.807, 2.05) is 0 Å². The van der Waals surface area contributed by atoms with Crippen LogP contribution in [-0.4, -0.2) is 49.2 Å². The van der Waals surface area contributed by atoms with E-state index in [1.54, 1.807) is 0 Å². The molecular formula is C25H37N7O3. The lowest BCUT2D eigenvalue weighted by molar-refractivity contribution is 0.375. The maximum absolute atomic E-state index is 10.4. The quantitative estimate of drug-likeness (QED) is 0.344. The van der Waals surface area contributed by atoms with Gasteiger partial charge in [-0.25, -0.2) is 4.99 Å². The molecule has 0 bridgehead atoms. The molecule has 2 heterocycles. The van der Waals surface area contributed by atoms with Crippen molar-refractivity contribution < 1.29 is 14.9 Å². The fourth-order valence-corrected chi connectivity index (χ4v) is 4.71. The van der Waals surface area contributed by atoms with Crippen LogP contribution in [0.25, 0.3) is 11.0 Å². The first-order valence-electron chi connectivity index (χ1n) is 12.3. The smallest absolute Gasteiger partial charge is 0.227 e. The Bertz CT molecular complexity index is 1240. The van der Waals surface area contributed by atoms with Gasteiger partial charge in [-0.3, -0.25) is 5.10 Å². The fraction of sp³-hybridized carbons (Fsp3) is 0.560. The van der Waals surface area contributed by atoms with Crippen molar-refractivity contribution in [1.82, 2.24) is 19.7 Å². The number of anilines is 1. The number of aromatic nitrogens is 4. The van der Waals surface area contributed by atoms with Crippen molar-refractivity contribution in [3.63, 3.8) is 0 Å². The third-order valence-corrected chi connectivity index (χ3v) is 6.66. The number of aromatic amines is 1. The molecule has 2 atom stereocenters. The van der Waals surface area contributed by atoms with Crippen LogP contribution < -0.4 is 21.4 Å². The van der Waals surface area contributed by atoms with Gasteiger partial charge in [-0.05, 0) is 32.6 Å². The maximum atomic E-state index is 10.4. The summed E-state index contributed by atoms with van der Waals surface area (Å²) in [5.41, 5.74) is 9.99. The summed E-state index contributed by atoms with van der Waals surface area (Å²) < 4.78 is 7.24. The van der Waals surface area contributed by atoms with Gasteiger partial charge in [-0.2, -0.15) is 10.1 Å². The summed E-state index contributed by atoms with van der Waals surface area (Å²) in [5, 5.41) is 31.9. The number of nitrogens with two attached hydrogens (primary N) is 1. The van der Waals surface area contributed by atoms with Crippen LogP contribution in [0, 0.1) is 0 Å². The Morgan fingerprint density at radius 3 is 2.49 bits per heavy atom. The SMILES string of the molecule is COc1cc(O)c(CNc2nc(=NC3CCCCC3N)n(C(C)C)c3c(C(C)C)[nH]nc23)c(O)c1. The number of phenols is 2. The van der Waals surface area contributed by atoms with Crippen molar-refractivity contribution in [3.8, 4) is 17.2 Å². The Morgan fingerprint density at radius 2 is 1.89 bits per heavy atom. The molecule has 0 amide bonds. The zero-order valence-corrected chi connectivity index (χ0v) is 21.2. The molecule has 0 aliphatic heterocycles. The van der Waals surface area contributed by atoms with Gasteiger partial charge in [0.2, 0.25) is 5.62 Å². The van der Waals surface area contributed by atoms with E-state index in [4.69, 9.17) is 20.4 Å². The van der Waals surface area contributed by atoms with Crippen LogP contribution in [0.3, 0.4) is 0 Å². The molecule has 0 saturated heterocycles. The second kappa shape index (κ2) is 10.2. The molecule has 35 heavy (non-hydrogen) atoms. The molecule has 1 aliphatic rings. The predicted molar refractivity (Wildman–Crippen MR) is 136 cm³/mol. The molecule has 6 N–H and O–H groups in total. The molecule has 10 nitrogen and oxygen atoms in total.